The molecule has 4 rings (SSSR count). The molecule has 0 amide bonds. The van der Waals surface area contributed by atoms with Crippen molar-refractivity contribution in [2.45, 2.75) is 64.5 Å². The smallest absolute Gasteiger partial charge is 0.206 e. The summed E-state index contributed by atoms with van der Waals surface area (Å²) in [6.45, 7) is 2.24. The van der Waals surface area contributed by atoms with E-state index in [1.54, 1.807) is 12.1 Å². The van der Waals surface area contributed by atoms with Gasteiger partial charge in [-0.05, 0) is 59.4 Å². The summed E-state index contributed by atoms with van der Waals surface area (Å²) >= 11 is 0. The molecule has 0 radical (unpaired) electrons. The average molecular weight is 505 g/mol. The van der Waals surface area contributed by atoms with Gasteiger partial charge in [-0.2, -0.15) is 13.2 Å². The van der Waals surface area contributed by atoms with E-state index in [0.29, 0.717) is 16.8 Å². The first-order valence-electron chi connectivity index (χ1n) is 12.6. The number of hydrogen-bond donors (Lipinski definition) is 0. The molecule has 3 aromatic carbocycles. The molecule has 1 saturated carbocycles. The van der Waals surface area contributed by atoms with Crippen LogP contribution in [0.1, 0.15) is 63.0 Å². The Hall–Kier alpha value is -2.76. The Morgan fingerprint density at radius 2 is 1.47 bits per heavy atom. The largest absolute Gasteiger partial charge is 0.409 e. The van der Waals surface area contributed by atoms with Gasteiger partial charge in [0, 0.05) is 22.6 Å². The van der Waals surface area contributed by atoms with Crippen molar-refractivity contribution in [3.8, 4) is 11.1 Å². The topological polar surface area (TPSA) is 0 Å². The summed E-state index contributed by atoms with van der Waals surface area (Å²) < 4.78 is 81.2. The summed E-state index contributed by atoms with van der Waals surface area (Å²) in [6, 6.07) is 10.4. The van der Waals surface area contributed by atoms with Crippen LogP contribution in [0.25, 0.3) is 28.0 Å². The van der Waals surface area contributed by atoms with Gasteiger partial charge in [0.2, 0.25) is 0 Å². The third-order valence-electron chi connectivity index (χ3n) is 7.35. The van der Waals surface area contributed by atoms with E-state index in [4.69, 9.17) is 0 Å². The van der Waals surface area contributed by atoms with Gasteiger partial charge in [0.1, 0.15) is 17.5 Å². The summed E-state index contributed by atoms with van der Waals surface area (Å²) in [4.78, 5) is 0. The van der Waals surface area contributed by atoms with Crippen molar-refractivity contribution in [3.63, 3.8) is 0 Å². The molecular formula is C30H30F6. The molecule has 0 nitrogen and oxygen atoms in total. The van der Waals surface area contributed by atoms with E-state index in [1.807, 2.05) is 12.1 Å². The molecule has 0 aromatic heterocycles. The van der Waals surface area contributed by atoms with Crippen molar-refractivity contribution >= 4 is 16.8 Å². The predicted octanol–water partition coefficient (Wildman–Crippen LogP) is 10.0. The Kier molecular flexibility index (Phi) is 8.11. The number of alkyl halides is 3. The summed E-state index contributed by atoms with van der Waals surface area (Å²) in [6.07, 6.45) is 5.17. The van der Waals surface area contributed by atoms with E-state index in [2.05, 4.69) is 6.92 Å². The van der Waals surface area contributed by atoms with Crippen molar-refractivity contribution in [1.82, 2.24) is 0 Å². The van der Waals surface area contributed by atoms with Gasteiger partial charge in [0.05, 0.1) is 0 Å². The van der Waals surface area contributed by atoms with Crippen LogP contribution in [0.4, 0.5) is 26.3 Å². The van der Waals surface area contributed by atoms with Gasteiger partial charge < -0.3 is 0 Å². The molecule has 3 aromatic rings. The van der Waals surface area contributed by atoms with Crippen molar-refractivity contribution in [3.05, 3.63) is 77.1 Å². The van der Waals surface area contributed by atoms with Gasteiger partial charge in [-0.25, -0.2) is 13.2 Å². The van der Waals surface area contributed by atoms with Crippen molar-refractivity contribution in [2.75, 3.05) is 0 Å². The predicted molar refractivity (Wildman–Crippen MR) is 133 cm³/mol. The van der Waals surface area contributed by atoms with E-state index in [1.165, 1.54) is 44.6 Å². The Balaban J connectivity index is 1.50. The number of rotatable bonds is 7. The lowest BCUT2D eigenvalue weighted by Crippen LogP contribution is -2.15. The fraction of sp³-hybridized carbons (Fsp3) is 0.400. The van der Waals surface area contributed by atoms with Crippen LogP contribution in [-0.2, 0) is 6.42 Å². The summed E-state index contributed by atoms with van der Waals surface area (Å²) in [5.41, 5.74) is 0.226. The van der Waals surface area contributed by atoms with E-state index in [0.717, 1.165) is 42.4 Å². The molecule has 1 aliphatic carbocycles. The quantitative estimate of drug-likeness (QED) is 0.281. The van der Waals surface area contributed by atoms with Crippen molar-refractivity contribution in [1.29, 1.82) is 0 Å². The molecule has 1 fully saturated rings. The van der Waals surface area contributed by atoms with E-state index in [-0.39, 0.29) is 17.2 Å². The van der Waals surface area contributed by atoms with Gasteiger partial charge in [-0.1, -0.05) is 75.8 Å². The highest BCUT2D eigenvalue weighted by Gasteiger charge is 2.23. The van der Waals surface area contributed by atoms with Crippen LogP contribution in [0, 0.1) is 29.3 Å². The van der Waals surface area contributed by atoms with Crippen LogP contribution in [0.3, 0.4) is 0 Å². The number of hydrogen-bond acceptors (Lipinski definition) is 0. The first-order valence-corrected chi connectivity index (χ1v) is 12.6. The highest BCUT2D eigenvalue weighted by Crippen LogP contribution is 2.35. The van der Waals surface area contributed by atoms with Gasteiger partial charge in [0.25, 0.3) is 0 Å². The lowest BCUT2D eigenvalue weighted by atomic mass is 9.78. The second-order valence-electron chi connectivity index (χ2n) is 9.93. The summed E-state index contributed by atoms with van der Waals surface area (Å²) in [5, 5.41) is 1.03. The van der Waals surface area contributed by atoms with Crippen molar-refractivity contribution < 1.29 is 26.3 Å². The third-order valence-corrected chi connectivity index (χ3v) is 7.35. The maximum atomic E-state index is 15.3. The number of aryl methyl sites for hydroxylation is 1. The molecule has 1 aliphatic rings. The zero-order chi connectivity index (χ0) is 25.9. The zero-order valence-corrected chi connectivity index (χ0v) is 20.3. The molecule has 6 heteroatoms. The standard InChI is InChI=1S/C30H30F6/c1-2-3-19-4-6-20(7-5-19)8-9-21-10-12-24-22(16-21)11-13-25(29(24)33)23-17-27(31)26(28(32)18-23)14-15-30(34,35)36/h10-20H,2-9H2,1H3/b15-14+. The van der Waals surface area contributed by atoms with Crippen LogP contribution in [-0.4, -0.2) is 6.18 Å². The second-order valence-corrected chi connectivity index (χ2v) is 9.93. The molecule has 192 valence electrons. The van der Waals surface area contributed by atoms with Gasteiger partial charge >= 0.3 is 6.18 Å². The second kappa shape index (κ2) is 11.1. The van der Waals surface area contributed by atoms with Crippen LogP contribution >= 0.6 is 0 Å². The minimum atomic E-state index is -4.70. The van der Waals surface area contributed by atoms with Crippen LogP contribution in [0.5, 0.6) is 0 Å². The maximum absolute atomic E-state index is 15.3. The minimum Gasteiger partial charge on any atom is -0.206 e. The molecule has 0 spiro atoms. The minimum absolute atomic E-state index is 0.0109. The molecule has 0 saturated heterocycles. The SMILES string of the molecule is CCCC1CCC(CCc2ccc3c(F)c(-c4cc(F)c(/C=C/C(F)(F)F)c(F)c4)ccc3c2)CC1. The molecule has 0 N–H and O–H groups in total. The zero-order valence-electron chi connectivity index (χ0n) is 20.3. The lowest BCUT2D eigenvalue weighted by molar-refractivity contribution is -0.0790. The first kappa shape index (κ1) is 26.3. The Morgan fingerprint density at radius 1 is 0.833 bits per heavy atom. The third kappa shape index (κ3) is 6.32. The normalized spacial score (nSPS) is 18.9. The Labute approximate surface area is 208 Å². The maximum Gasteiger partial charge on any atom is 0.409 e. The van der Waals surface area contributed by atoms with E-state index >= 15 is 4.39 Å². The molecule has 0 bridgehead atoms. The first-order chi connectivity index (χ1) is 17.1. The highest BCUT2D eigenvalue weighted by atomic mass is 19.4. The average Bonchev–Trinajstić information content (AvgIpc) is 2.82. The Bertz CT molecular complexity index is 1210. The Morgan fingerprint density at radius 3 is 2.08 bits per heavy atom. The molecule has 0 heterocycles. The lowest BCUT2D eigenvalue weighted by Gasteiger charge is -2.28. The van der Waals surface area contributed by atoms with Crippen LogP contribution < -0.4 is 0 Å². The summed E-state index contributed by atoms with van der Waals surface area (Å²) in [7, 11) is 0. The van der Waals surface area contributed by atoms with Gasteiger partial charge in [0.15, 0.2) is 0 Å². The molecule has 0 atom stereocenters. The van der Waals surface area contributed by atoms with Gasteiger partial charge in [-0.3, -0.25) is 0 Å². The fourth-order valence-electron chi connectivity index (χ4n) is 5.38. The molecule has 0 unspecified atom stereocenters. The van der Waals surface area contributed by atoms with Crippen LogP contribution in [0.2, 0.25) is 0 Å². The van der Waals surface area contributed by atoms with Crippen molar-refractivity contribution in [2.24, 2.45) is 11.8 Å². The number of fused-ring (bicyclic) bond motifs is 1. The number of halogens is 6. The fourth-order valence-corrected chi connectivity index (χ4v) is 5.38. The van der Waals surface area contributed by atoms with Crippen LogP contribution in [0.15, 0.2) is 48.5 Å². The number of benzene rings is 3. The molecular weight excluding hydrogens is 474 g/mol. The monoisotopic (exact) mass is 504 g/mol. The highest BCUT2D eigenvalue weighted by molar-refractivity contribution is 5.89. The van der Waals surface area contributed by atoms with E-state index < -0.39 is 29.2 Å². The van der Waals surface area contributed by atoms with Gasteiger partial charge in [-0.15, -0.1) is 0 Å². The molecule has 36 heavy (non-hydrogen) atoms. The van der Waals surface area contributed by atoms with E-state index in [9.17, 15) is 22.0 Å². The number of allylic oxidation sites excluding steroid dienone is 1. The molecule has 0 aliphatic heterocycles. The summed E-state index contributed by atoms with van der Waals surface area (Å²) in [5.74, 6) is -1.40.